The minimum atomic E-state index is -0.643. The van der Waals surface area contributed by atoms with Crippen molar-refractivity contribution in [3.8, 4) is 5.75 Å². The molecule has 2 aliphatic carbocycles. The highest BCUT2D eigenvalue weighted by molar-refractivity contribution is 8.18. The number of ether oxygens (including phenoxy) is 1. The second-order valence-corrected chi connectivity index (χ2v) is 10.9. The normalized spacial score (nSPS) is 19.9. The van der Waals surface area contributed by atoms with E-state index < -0.39 is 5.97 Å². The van der Waals surface area contributed by atoms with Gasteiger partial charge in [-0.15, -0.1) is 0 Å². The molecule has 1 aromatic rings. The Morgan fingerprint density at radius 2 is 1.44 bits per heavy atom. The number of amides is 2. The van der Waals surface area contributed by atoms with Gasteiger partial charge >= 0.3 is 11.9 Å². The number of carboxylic acid groups (broad SMARTS) is 1. The first-order chi connectivity index (χ1) is 17.4. The minimum absolute atomic E-state index is 0.201. The molecule has 0 atom stereocenters. The quantitative estimate of drug-likeness (QED) is 0.225. The predicted octanol–water partition coefficient (Wildman–Crippen LogP) is 6.71. The lowest BCUT2D eigenvalue weighted by Crippen LogP contribution is -2.17. The van der Waals surface area contributed by atoms with Crippen LogP contribution in [-0.2, 0) is 14.4 Å². The molecule has 0 bridgehead atoms. The zero-order chi connectivity index (χ0) is 25.8. The Hall–Kier alpha value is -2.61. The average molecular weight is 516 g/mol. The van der Waals surface area contributed by atoms with Crippen LogP contribution in [0, 0.1) is 11.8 Å². The van der Waals surface area contributed by atoms with E-state index >= 15 is 0 Å². The maximum Gasteiger partial charge on any atom is 0.311 e. The Morgan fingerprint density at radius 3 is 1.94 bits per heavy atom. The number of hydrogen-bond donors (Lipinski definition) is 2. The largest absolute Gasteiger partial charge is 0.481 e. The van der Waals surface area contributed by atoms with Crippen LogP contribution in [0.4, 0.5) is 4.79 Å². The molecule has 2 saturated carbocycles. The minimum Gasteiger partial charge on any atom is -0.481 e. The van der Waals surface area contributed by atoms with E-state index in [2.05, 4.69) is 5.32 Å². The molecule has 36 heavy (non-hydrogen) atoms. The van der Waals surface area contributed by atoms with Crippen molar-refractivity contribution in [2.75, 3.05) is 0 Å². The third-order valence-corrected chi connectivity index (χ3v) is 7.83. The number of carbonyl (C=O) groups is 4. The van der Waals surface area contributed by atoms with Gasteiger partial charge in [-0.1, -0.05) is 76.3 Å². The fraction of sp³-hybridized carbons (Fsp3) is 0.571. The van der Waals surface area contributed by atoms with Crippen LogP contribution in [0.15, 0.2) is 29.2 Å². The van der Waals surface area contributed by atoms with Crippen molar-refractivity contribution in [3.63, 3.8) is 0 Å². The first-order valence-electron chi connectivity index (χ1n) is 13.2. The summed E-state index contributed by atoms with van der Waals surface area (Å²) in [5.74, 6) is 0.639. The predicted molar refractivity (Wildman–Crippen MR) is 140 cm³/mol. The zero-order valence-electron chi connectivity index (χ0n) is 20.8. The van der Waals surface area contributed by atoms with Crippen LogP contribution in [0.5, 0.6) is 5.75 Å². The molecule has 0 spiro atoms. The number of rotatable bonds is 8. The number of thioether (sulfide) groups is 1. The number of esters is 1. The Kier molecular flexibility index (Phi) is 11.5. The maximum atomic E-state index is 12.0. The summed E-state index contributed by atoms with van der Waals surface area (Å²) in [6.07, 6.45) is 17.1. The van der Waals surface area contributed by atoms with Gasteiger partial charge in [-0.2, -0.15) is 0 Å². The van der Waals surface area contributed by atoms with Gasteiger partial charge in [-0.05, 0) is 60.2 Å². The van der Waals surface area contributed by atoms with E-state index in [-0.39, 0.29) is 17.1 Å². The highest BCUT2D eigenvalue weighted by atomic mass is 32.2. The van der Waals surface area contributed by atoms with E-state index in [1.807, 2.05) is 0 Å². The van der Waals surface area contributed by atoms with Crippen molar-refractivity contribution in [1.82, 2.24) is 5.32 Å². The number of hydrogen-bond acceptors (Lipinski definition) is 6. The lowest BCUT2D eigenvalue weighted by molar-refractivity contribution is -0.137. The number of benzene rings is 1. The summed E-state index contributed by atoms with van der Waals surface area (Å²) in [4.78, 5) is 45.2. The average Bonchev–Trinajstić information content (AvgIpc) is 3.20. The highest BCUT2D eigenvalue weighted by Gasteiger charge is 2.25. The molecule has 196 valence electrons. The van der Waals surface area contributed by atoms with Crippen molar-refractivity contribution in [2.24, 2.45) is 11.8 Å². The summed E-state index contributed by atoms with van der Waals surface area (Å²) < 4.78 is 5.37. The van der Waals surface area contributed by atoms with Gasteiger partial charge in [0, 0.05) is 12.8 Å². The molecule has 1 aliphatic heterocycles. The van der Waals surface area contributed by atoms with Crippen molar-refractivity contribution < 1.29 is 29.0 Å². The topological polar surface area (TPSA) is 110 Å². The van der Waals surface area contributed by atoms with Crippen LogP contribution >= 0.6 is 11.8 Å². The standard InChI is InChI=1S/C19H21NO4S.C9H16O2/c21-17(11-8-13-4-2-1-3-5-13)24-15-9-6-14(7-10-15)12-16-18(22)20-19(23)25-16;10-9(11)7-6-8-4-2-1-3-5-8/h6-7,9-10,12-13H,1-5,8,11H2,(H,20,22,23);8H,1-7H2,(H,10,11)/b16-12-;. The monoisotopic (exact) mass is 515 g/mol. The smallest absolute Gasteiger partial charge is 0.311 e. The van der Waals surface area contributed by atoms with Crippen molar-refractivity contribution in [2.45, 2.75) is 89.9 Å². The van der Waals surface area contributed by atoms with Gasteiger partial charge in [0.05, 0.1) is 4.91 Å². The molecule has 8 heteroatoms. The van der Waals surface area contributed by atoms with Crippen LogP contribution in [0.1, 0.15) is 95.5 Å². The second kappa shape index (κ2) is 14.8. The summed E-state index contributed by atoms with van der Waals surface area (Å²) in [6, 6.07) is 6.91. The summed E-state index contributed by atoms with van der Waals surface area (Å²) >= 11 is 0.880. The first-order valence-corrected chi connectivity index (χ1v) is 14.0. The van der Waals surface area contributed by atoms with Gasteiger partial charge in [0.2, 0.25) is 0 Å². The van der Waals surface area contributed by atoms with Crippen LogP contribution in [0.3, 0.4) is 0 Å². The van der Waals surface area contributed by atoms with Crippen LogP contribution in [-0.4, -0.2) is 28.2 Å². The van der Waals surface area contributed by atoms with Crippen molar-refractivity contribution in [1.29, 1.82) is 0 Å². The van der Waals surface area contributed by atoms with Gasteiger partial charge in [-0.3, -0.25) is 24.5 Å². The van der Waals surface area contributed by atoms with Crippen LogP contribution in [0.25, 0.3) is 6.08 Å². The van der Waals surface area contributed by atoms with Crippen molar-refractivity contribution in [3.05, 3.63) is 34.7 Å². The third-order valence-electron chi connectivity index (χ3n) is 7.02. The van der Waals surface area contributed by atoms with Gasteiger partial charge in [-0.25, -0.2) is 0 Å². The molecule has 2 amide bonds. The zero-order valence-corrected chi connectivity index (χ0v) is 21.7. The van der Waals surface area contributed by atoms with Gasteiger partial charge in [0.1, 0.15) is 5.75 Å². The van der Waals surface area contributed by atoms with E-state index in [1.165, 1.54) is 64.2 Å². The Bertz CT molecular complexity index is 930. The van der Waals surface area contributed by atoms with E-state index in [4.69, 9.17) is 9.84 Å². The SMILES string of the molecule is O=C(CCC1CCCCC1)Oc1ccc(/C=C2\SC(=O)NC2=O)cc1.O=C(O)CCC1CCCCC1. The third kappa shape index (κ3) is 10.2. The fourth-order valence-corrected chi connectivity index (χ4v) is 5.67. The number of imide groups is 1. The first kappa shape index (κ1) is 28.0. The van der Waals surface area contributed by atoms with E-state index in [0.29, 0.717) is 35.3 Å². The number of carbonyl (C=O) groups excluding carboxylic acids is 3. The molecule has 3 aliphatic rings. The second-order valence-electron chi connectivity index (χ2n) is 9.87. The van der Waals surface area contributed by atoms with E-state index in [9.17, 15) is 19.2 Å². The number of carboxylic acids is 1. The van der Waals surface area contributed by atoms with Gasteiger partial charge < -0.3 is 9.84 Å². The molecular formula is C28H37NO6S. The van der Waals surface area contributed by atoms with Crippen molar-refractivity contribution >= 4 is 40.9 Å². The molecular weight excluding hydrogens is 478 g/mol. The molecule has 4 rings (SSSR count). The van der Waals surface area contributed by atoms with E-state index in [1.54, 1.807) is 30.3 Å². The Balaban J connectivity index is 0.000000275. The summed E-state index contributed by atoms with van der Waals surface area (Å²) in [5, 5.41) is 10.3. The molecule has 0 unspecified atom stereocenters. The van der Waals surface area contributed by atoms with Gasteiger partial charge in [0.15, 0.2) is 0 Å². The molecule has 1 aromatic carbocycles. The highest BCUT2D eigenvalue weighted by Crippen LogP contribution is 2.29. The van der Waals surface area contributed by atoms with Crippen LogP contribution in [0.2, 0.25) is 0 Å². The van der Waals surface area contributed by atoms with E-state index in [0.717, 1.165) is 30.2 Å². The molecule has 0 aromatic heterocycles. The summed E-state index contributed by atoms with van der Waals surface area (Å²) in [5.41, 5.74) is 0.773. The lowest BCUT2D eigenvalue weighted by Gasteiger charge is -2.20. The number of aliphatic carboxylic acids is 1. The van der Waals surface area contributed by atoms with Crippen LogP contribution < -0.4 is 10.1 Å². The maximum absolute atomic E-state index is 12.0. The number of nitrogens with one attached hydrogen (secondary N) is 1. The lowest BCUT2D eigenvalue weighted by atomic mass is 9.86. The Morgan fingerprint density at radius 1 is 0.889 bits per heavy atom. The Labute approximate surface area is 217 Å². The summed E-state index contributed by atoms with van der Waals surface area (Å²) in [7, 11) is 0. The molecule has 1 saturated heterocycles. The molecule has 2 N–H and O–H groups in total. The van der Waals surface area contributed by atoms with Gasteiger partial charge in [0.25, 0.3) is 11.1 Å². The molecule has 1 heterocycles. The molecule has 0 radical (unpaired) electrons. The summed E-state index contributed by atoms with van der Waals surface area (Å²) in [6.45, 7) is 0. The molecule has 7 nitrogen and oxygen atoms in total. The molecule has 3 fully saturated rings. The fourth-order valence-electron chi connectivity index (χ4n) is 4.99.